The van der Waals surface area contributed by atoms with Crippen LogP contribution in [-0.2, 0) is 13.5 Å². The zero-order chi connectivity index (χ0) is 10.8. The molecule has 2 aromatic heterocycles. The van der Waals surface area contributed by atoms with Gasteiger partial charge in [-0.05, 0) is 12.5 Å². The summed E-state index contributed by atoms with van der Waals surface area (Å²) in [6.45, 7) is 2.12. The van der Waals surface area contributed by atoms with Crippen LogP contribution in [0.5, 0.6) is 0 Å². The predicted octanol–water partition coefficient (Wildman–Crippen LogP) is 1.34. The normalized spacial score (nSPS) is 10.8. The summed E-state index contributed by atoms with van der Waals surface area (Å²) in [5.74, 6) is 0.581. The Balaban J connectivity index is 2.43. The van der Waals surface area contributed by atoms with E-state index in [2.05, 4.69) is 22.2 Å². The van der Waals surface area contributed by atoms with Gasteiger partial charge in [0.05, 0.1) is 5.69 Å². The Morgan fingerprint density at radius 3 is 2.93 bits per heavy atom. The lowest BCUT2D eigenvalue weighted by atomic mass is 10.1. The summed E-state index contributed by atoms with van der Waals surface area (Å²) in [6, 6.07) is 1.95. The van der Waals surface area contributed by atoms with Crippen molar-refractivity contribution in [3.63, 3.8) is 0 Å². The Labute approximate surface area is 88.3 Å². The van der Waals surface area contributed by atoms with E-state index in [4.69, 9.17) is 5.73 Å². The van der Waals surface area contributed by atoms with Gasteiger partial charge in [0.25, 0.3) is 0 Å². The predicted molar refractivity (Wildman–Crippen MR) is 59.2 cm³/mol. The van der Waals surface area contributed by atoms with Crippen molar-refractivity contribution in [2.45, 2.75) is 19.8 Å². The second-order valence-corrected chi connectivity index (χ2v) is 3.59. The van der Waals surface area contributed by atoms with Crippen LogP contribution >= 0.6 is 0 Å². The van der Waals surface area contributed by atoms with Gasteiger partial charge in [-0.2, -0.15) is 10.2 Å². The number of nitrogens with one attached hydrogen (secondary N) is 1. The number of nitrogens with two attached hydrogens (primary N) is 1. The monoisotopic (exact) mass is 205 g/mol. The summed E-state index contributed by atoms with van der Waals surface area (Å²) >= 11 is 0. The van der Waals surface area contributed by atoms with E-state index < -0.39 is 0 Å². The molecule has 0 radical (unpaired) electrons. The quantitative estimate of drug-likeness (QED) is 0.794. The van der Waals surface area contributed by atoms with Crippen LogP contribution in [0.3, 0.4) is 0 Å². The van der Waals surface area contributed by atoms with Gasteiger partial charge in [-0.1, -0.05) is 13.3 Å². The van der Waals surface area contributed by atoms with E-state index in [1.54, 1.807) is 4.68 Å². The number of aromatic nitrogens is 4. The van der Waals surface area contributed by atoms with Crippen molar-refractivity contribution in [2.75, 3.05) is 5.73 Å². The van der Waals surface area contributed by atoms with Gasteiger partial charge in [0.2, 0.25) is 0 Å². The molecule has 0 aromatic carbocycles. The van der Waals surface area contributed by atoms with Gasteiger partial charge in [0.15, 0.2) is 0 Å². The molecule has 2 rings (SSSR count). The largest absolute Gasteiger partial charge is 0.382 e. The fourth-order valence-electron chi connectivity index (χ4n) is 1.64. The first-order chi connectivity index (χ1) is 7.22. The standard InChI is InChI=1S/C10H15N5/c1-3-4-7-9(12-13-10(7)11)8-5-6-15(2)14-8/h5-6H,3-4H2,1-2H3,(H3,11,12,13). The lowest BCUT2D eigenvalue weighted by molar-refractivity contribution is 0.769. The van der Waals surface area contributed by atoms with Crippen molar-refractivity contribution in [3.05, 3.63) is 17.8 Å². The third kappa shape index (κ3) is 1.72. The minimum absolute atomic E-state index is 0.581. The first-order valence-electron chi connectivity index (χ1n) is 5.05. The molecule has 0 fully saturated rings. The third-order valence-corrected chi connectivity index (χ3v) is 2.37. The molecule has 0 saturated heterocycles. The van der Waals surface area contributed by atoms with Crippen molar-refractivity contribution in [1.29, 1.82) is 0 Å². The summed E-state index contributed by atoms with van der Waals surface area (Å²) in [4.78, 5) is 0. The molecule has 3 N–H and O–H groups in total. The molecule has 0 atom stereocenters. The van der Waals surface area contributed by atoms with E-state index in [1.807, 2.05) is 19.3 Å². The van der Waals surface area contributed by atoms with Crippen LogP contribution < -0.4 is 5.73 Å². The lowest BCUT2D eigenvalue weighted by Gasteiger charge is -1.98. The van der Waals surface area contributed by atoms with Gasteiger partial charge >= 0.3 is 0 Å². The van der Waals surface area contributed by atoms with Crippen molar-refractivity contribution in [3.8, 4) is 11.4 Å². The fraction of sp³-hybridized carbons (Fsp3) is 0.400. The van der Waals surface area contributed by atoms with E-state index in [1.165, 1.54) is 0 Å². The Morgan fingerprint density at radius 2 is 2.33 bits per heavy atom. The molecule has 5 heteroatoms. The van der Waals surface area contributed by atoms with Crippen LogP contribution in [0.25, 0.3) is 11.4 Å². The molecule has 0 unspecified atom stereocenters. The zero-order valence-electron chi connectivity index (χ0n) is 8.99. The van der Waals surface area contributed by atoms with Gasteiger partial charge in [-0.15, -0.1) is 0 Å². The molecule has 0 bridgehead atoms. The molecule has 0 aliphatic heterocycles. The fourth-order valence-corrected chi connectivity index (χ4v) is 1.64. The number of nitrogen functional groups attached to an aromatic ring is 1. The molecule has 0 aliphatic carbocycles. The number of nitrogens with zero attached hydrogens (tertiary/aromatic N) is 3. The molecule has 0 saturated carbocycles. The van der Waals surface area contributed by atoms with Crippen LogP contribution in [0.4, 0.5) is 5.82 Å². The van der Waals surface area contributed by atoms with Crippen LogP contribution in [0.2, 0.25) is 0 Å². The Bertz CT molecular complexity index is 454. The maximum Gasteiger partial charge on any atom is 0.149 e. The average Bonchev–Trinajstić information content (AvgIpc) is 2.76. The van der Waals surface area contributed by atoms with E-state index in [0.717, 1.165) is 29.8 Å². The van der Waals surface area contributed by atoms with Gasteiger partial charge in [-0.3, -0.25) is 9.78 Å². The molecule has 80 valence electrons. The lowest BCUT2D eigenvalue weighted by Crippen LogP contribution is -1.94. The number of anilines is 1. The number of H-pyrrole nitrogens is 1. The zero-order valence-corrected chi connectivity index (χ0v) is 8.99. The number of hydrogen-bond acceptors (Lipinski definition) is 3. The summed E-state index contributed by atoms with van der Waals surface area (Å²) in [7, 11) is 1.89. The van der Waals surface area contributed by atoms with Crippen LogP contribution in [0.15, 0.2) is 12.3 Å². The number of rotatable bonds is 3. The first-order valence-corrected chi connectivity index (χ1v) is 5.05. The molecule has 5 nitrogen and oxygen atoms in total. The second-order valence-electron chi connectivity index (χ2n) is 3.59. The maximum atomic E-state index is 5.79. The minimum atomic E-state index is 0.581. The Hall–Kier alpha value is -1.78. The van der Waals surface area contributed by atoms with Crippen molar-refractivity contribution >= 4 is 5.82 Å². The summed E-state index contributed by atoms with van der Waals surface area (Å²) in [5.41, 5.74) is 8.69. The number of aromatic amines is 1. The smallest absolute Gasteiger partial charge is 0.149 e. The third-order valence-electron chi connectivity index (χ3n) is 2.37. The highest BCUT2D eigenvalue weighted by Gasteiger charge is 2.13. The average molecular weight is 205 g/mol. The molecule has 2 aromatic rings. The molecular formula is C10H15N5. The summed E-state index contributed by atoms with van der Waals surface area (Å²) in [5, 5.41) is 11.3. The highest BCUT2D eigenvalue weighted by atomic mass is 15.3. The second kappa shape index (κ2) is 3.76. The molecule has 0 spiro atoms. The van der Waals surface area contributed by atoms with Crippen molar-refractivity contribution in [2.24, 2.45) is 7.05 Å². The topological polar surface area (TPSA) is 72.5 Å². The highest BCUT2D eigenvalue weighted by Crippen LogP contribution is 2.24. The van der Waals surface area contributed by atoms with Crippen molar-refractivity contribution in [1.82, 2.24) is 20.0 Å². The van der Waals surface area contributed by atoms with E-state index in [-0.39, 0.29) is 0 Å². The van der Waals surface area contributed by atoms with Gasteiger partial charge in [0, 0.05) is 18.8 Å². The van der Waals surface area contributed by atoms with Gasteiger partial charge in [0.1, 0.15) is 11.5 Å². The highest BCUT2D eigenvalue weighted by molar-refractivity contribution is 5.64. The minimum Gasteiger partial charge on any atom is -0.382 e. The molecule has 0 amide bonds. The summed E-state index contributed by atoms with van der Waals surface area (Å²) < 4.78 is 1.77. The SMILES string of the molecule is CCCc1c(N)n[nH]c1-c1ccn(C)n1. The van der Waals surface area contributed by atoms with Crippen LogP contribution in [0.1, 0.15) is 18.9 Å². The maximum absolute atomic E-state index is 5.79. The Morgan fingerprint density at radius 1 is 1.53 bits per heavy atom. The van der Waals surface area contributed by atoms with E-state index >= 15 is 0 Å². The van der Waals surface area contributed by atoms with Gasteiger partial charge < -0.3 is 5.73 Å². The van der Waals surface area contributed by atoms with Crippen molar-refractivity contribution < 1.29 is 0 Å². The van der Waals surface area contributed by atoms with E-state index in [0.29, 0.717) is 5.82 Å². The number of hydrogen-bond donors (Lipinski definition) is 2. The van der Waals surface area contributed by atoms with Gasteiger partial charge in [-0.25, -0.2) is 0 Å². The van der Waals surface area contributed by atoms with Crippen LogP contribution in [0, 0.1) is 0 Å². The molecule has 15 heavy (non-hydrogen) atoms. The first kappa shape index (κ1) is 9.76. The molecular weight excluding hydrogens is 190 g/mol. The summed E-state index contributed by atoms with van der Waals surface area (Å²) in [6.07, 6.45) is 3.87. The van der Waals surface area contributed by atoms with Crippen LogP contribution in [-0.4, -0.2) is 20.0 Å². The molecule has 0 aliphatic rings. The number of aryl methyl sites for hydroxylation is 1. The van der Waals surface area contributed by atoms with E-state index in [9.17, 15) is 0 Å². The Kier molecular flexibility index (Phi) is 2.45. The molecule has 2 heterocycles.